The predicted octanol–water partition coefficient (Wildman–Crippen LogP) is 2.20. The van der Waals surface area contributed by atoms with Crippen LogP contribution in [-0.2, 0) is 9.59 Å². The summed E-state index contributed by atoms with van der Waals surface area (Å²) in [6.07, 6.45) is 4.14. The van der Waals surface area contributed by atoms with Gasteiger partial charge in [0.05, 0.1) is 5.54 Å². The number of imide groups is 2. The molecule has 1 aliphatic carbocycles. The third-order valence-electron chi connectivity index (χ3n) is 5.13. The first-order valence-corrected chi connectivity index (χ1v) is 7.17. The van der Waals surface area contributed by atoms with E-state index in [1.807, 2.05) is 20.8 Å². The van der Waals surface area contributed by atoms with E-state index in [4.69, 9.17) is 0 Å². The van der Waals surface area contributed by atoms with Crippen LogP contribution in [0.2, 0.25) is 0 Å². The van der Waals surface area contributed by atoms with Gasteiger partial charge in [-0.05, 0) is 32.1 Å². The number of barbiturate groups is 1. The molecule has 0 bridgehead atoms. The van der Waals surface area contributed by atoms with E-state index in [0.29, 0.717) is 32.1 Å². The molecule has 2 aliphatic rings. The van der Waals surface area contributed by atoms with Gasteiger partial charge in [0.15, 0.2) is 0 Å². The van der Waals surface area contributed by atoms with Crippen LogP contribution in [0.15, 0.2) is 0 Å². The molecule has 1 saturated heterocycles. The van der Waals surface area contributed by atoms with Crippen molar-refractivity contribution in [2.45, 2.75) is 64.8 Å². The van der Waals surface area contributed by atoms with Crippen molar-refractivity contribution in [3.63, 3.8) is 0 Å². The fourth-order valence-electron chi connectivity index (χ4n) is 3.30. The largest absolute Gasteiger partial charge is 0.331 e. The summed E-state index contributed by atoms with van der Waals surface area (Å²) in [5, 5.41) is 2.39. The molecule has 0 aromatic heterocycles. The van der Waals surface area contributed by atoms with Gasteiger partial charge in [-0.2, -0.15) is 0 Å². The van der Waals surface area contributed by atoms with Crippen LogP contribution in [0, 0.1) is 5.41 Å². The van der Waals surface area contributed by atoms with E-state index >= 15 is 0 Å². The van der Waals surface area contributed by atoms with Crippen LogP contribution in [0.3, 0.4) is 0 Å². The van der Waals surface area contributed by atoms with Gasteiger partial charge in [-0.1, -0.05) is 27.2 Å². The van der Waals surface area contributed by atoms with Crippen molar-refractivity contribution in [2.75, 3.05) is 0 Å². The number of hydrogen-bond donors (Lipinski definition) is 1. The number of urea groups is 1. The monoisotopic (exact) mass is 266 g/mol. The van der Waals surface area contributed by atoms with E-state index in [2.05, 4.69) is 5.32 Å². The van der Waals surface area contributed by atoms with Crippen molar-refractivity contribution in [3.8, 4) is 0 Å². The third kappa shape index (κ3) is 1.70. The van der Waals surface area contributed by atoms with E-state index in [9.17, 15) is 14.4 Å². The number of amides is 4. The first-order valence-electron chi connectivity index (χ1n) is 7.17. The van der Waals surface area contributed by atoms with Gasteiger partial charge in [-0.3, -0.25) is 19.8 Å². The standard InChI is InChI=1S/C14H22N2O3/c1-4-13(5-2,6-3)16-11(18)14(8-7-9-14)10(17)15-12(16)19/h4-9H2,1-3H3,(H,15,17,19). The van der Waals surface area contributed by atoms with Gasteiger partial charge in [0.25, 0.3) is 0 Å². The van der Waals surface area contributed by atoms with Crippen molar-refractivity contribution in [3.05, 3.63) is 0 Å². The van der Waals surface area contributed by atoms with Gasteiger partial charge in [0.1, 0.15) is 5.41 Å². The minimum absolute atomic E-state index is 0.280. The molecular weight excluding hydrogens is 244 g/mol. The Hall–Kier alpha value is -1.39. The molecule has 2 rings (SSSR count). The van der Waals surface area contributed by atoms with E-state index in [0.717, 1.165) is 6.42 Å². The zero-order valence-electron chi connectivity index (χ0n) is 11.9. The lowest BCUT2D eigenvalue weighted by Gasteiger charge is -2.51. The van der Waals surface area contributed by atoms with Crippen LogP contribution < -0.4 is 5.32 Å². The molecule has 1 spiro atoms. The minimum Gasteiger partial charge on any atom is -0.277 e. The molecule has 1 N–H and O–H groups in total. The number of hydrogen-bond acceptors (Lipinski definition) is 3. The van der Waals surface area contributed by atoms with Crippen LogP contribution in [0.1, 0.15) is 59.3 Å². The van der Waals surface area contributed by atoms with Crippen LogP contribution in [0.4, 0.5) is 4.79 Å². The van der Waals surface area contributed by atoms with Gasteiger partial charge >= 0.3 is 6.03 Å². The highest BCUT2D eigenvalue weighted by Gasteiger charge is 2.60. The second kappa shape index (κ2) is 4.62. The van der Waals surface area contributed by atoms with E-state index < -0.39 is 22.9 Å². The highest BCUT2D eigenvalue weighted by molar-refractivity contribution is 6.20. The van der Waals surface area contributed by atoms with Gasteiger partial charge in [0.2, 0.25) is 11.8 Å². The van der Waals surface area contributed by atoms with Crippen LogP contribution >= 0.6 is 0 Å². The molecule has 19 heavy (non-hydrogen) atoms. The molecule has 5 heteroatoms. The highest BCUT2D eigenvalue weighted by atomic mass is 16.2. The average molecular weight is 266 g/mol. The summed E-state index contributed by atoms with van der Waals surface area (Å²) in [6, 6.07) is -0.543. The van der Waals surface area contributed by atoms with E-state index in [1.54, 1.807) is 0 Å². The molecule has 1 saturated carbocycles. The van der Waals surface area contributed by atoms with Crippen molar-refractivity contribution in [1.29, 1.82) is 0 Å². The van der Waals surface area contributed by atoms with E-state index in [-0.39, 0.29) is 5.91 Å². The Kier molecular flexibility index (Phi) is 3.41. The number of nitrogens with zero attached hydrogens (tertiary/aromatic N) is 1. The third-order valence-corrected chi connectivity index (χ3v) is 5.13. The zero-order chi connectivity index (χ0) is 14.3. The molecule has 1 heterocycles. The topological polar surface area (TPSA) is 66.5 Å². The molecule has 2 fully saturated rings. The lowest BCUT2D eigenvalue weighted by atomic mass is 9.65. The van der Waals surface area contributed by atoms with Gasteiger partial charge in [0, 0.05) is 0 Å². The molecule has 0 unspecified atom stereocenters. The van der Waals surface area contributed by atoms with Gasteiger partial charge < -0.3 is 0 Å². The second-order valence-electron chi connectivity index (χ2n) is 5.62. The molecule has 5 nitrogen and oxygen atoms in total. The van der Waals surface area contributed by atoms with E-state index in [1.165, 1.54) is 4.90 Å². The smallest absolute Gasteiger partial charge is 0.277 e. The van der Waals surface area contributed by atoms with Crippen molar-refractivity contribution >= 4 is 17.8 Å². The normalized spacial score (nSPS) is 22.5. The van der Waals surface area contributed by atoms with Gasteiger partial charge in [-0.25, -0.2) is 4.79 Å². The number of carbonyl (C=O) groups excluding carboxylic acids is 3. The minimum atomic E-state index is -0.960. The molecule has 106 valence electrons. The summed E-state index contributed by atoms with van der Waals surface area (Å²) < 4.78 is 0. The van der Waals surface area contributed by atoms with Crippen molar-refractivity contribution < 1.29 is 14.4 Å². The fourth-order valence-corrected chi connectivity index (χ4v) is 3.30. The van der Waals surface area contributed by atoms with Crippen LogP contribution in [0.25, 0.3) is 0 Å². The molecule has 0 atom stereocenters. The van der Waals surface area contributed by atoms with Crippen LogP contribution in [-0.4, -0.2) is 28.3 Å². The fraction of sp³-hybridized carbons (Fsp3) is 0.786. The maximum Gasteiger partial charge on any atom is 0.331 e. The zero-order valence-corrected chi connectivity index (χ0v) is 11.9. The number of carbonyl (C=O) groups is 3. The first-order chi connectivity index (χ1) is 8.97. The molecular formula is C14H22N2O3. The molecule has 0 radical (unpaired) electrons. The summed E-state index contributed by atoms with van der Waals surface area (Å²) >= 11 is 0. The lowest BCUT2D eigenvalue weighted by Crippen LogP contribution is -2.71. The Balaban J connectivity index is 2.41. The van der Waals surface area contributed by atoms with Crippen LogP contribution in [0.5, 0.6) is 0 Å². The summed E-state index contributed by atoms with van der Waals surface area (Å²) in [7, 11) is 0. The van der Waals surface area contributed by atoms with Crippen molar-refractivity contribution in [2.24, 2.45) is 5.41 Å². The number of nitrogens with one attached hydrogen (secondary N) is 1. The highest BCUT2D eigenvalue weighted by Crippen LogP contribution is 2.46. The van der Waals surface area contributed by atoms with Crippen molar-refractivity contribution in [1.82, 2.24) is 10.2 Å². The second-order valence-corrected chi connectivity index (χ2v) is 5.62. The molecule has 4 amide bonds. The maximum absolute atomic E-state index is 12.7. The average Bonchev–Trinajstić information content (AvgIpc) is 2.33. The summed E-state index contributed by atoms with van der Waals surface area (Å²) in [4.78, 5) is 38.2. The lowest BCUT2D eigenvalue weighted by molar-refractivity contribution is -0.162. The summed E-state index contributed by atoms with van der Waals surface area (Å²) in [5.74, 6) is -0.680. The summed E-state index contributed by atoms with van der Waals surface area (Å²) in [6.45, 7) is 5.95. The Morgan fingerprint density at radius 1 is 1.11 bits per heavy atom. The maximum atomic E-state index is 12.7. The molecule has 1 aliphatic heterocycles. The molecule has 0 aromatic carbocycles. The van der Waals surface area contributed by atoms with Gasteiger partial charge in [-0.15, -0.1) is 0 Å². The summed E-state index contributed by atoms with van der Waals surface area (Å²) in [5.41, 5.74) is -1.43. The Bertz CT molecular complexity index is 414. The Morgan fingerprint density at radius 3 is 2.00 bits per heavy atom. The first kappa shape index (κ1) is 14.0. The predicted molar refractivity (Wildman–Crippen MR) is 70.3 cm³/mol. The number of rotatable bonds is 4. The Morgan fingerprint density at radius 2 is 1.63 bits per heavy atom. The molecule has 0 aromatic rings. The SMILES string of the molecule is CCC(CC)(CC)N1C(=O)NC(=O)C2(CCC2)C1=O. The quantitative estimate of drug-likeness (QED) is 0.793. The Labute approximate surface area is 113 Å².